The molecule has 1 aromatic carbocycles. The molecule has 0 heterocycles. The van der Waals surface area contributed by atoms with E-state index in [9.17, 15) is 9.59 Å². The van der Waals surface area contributed by atoms with Gasteiger partial charge in [0.1, 0.15) is 0 Å². The van der Waals surface area contributed by atoms with Gasteiger partial charge in [0.05, 0.1) is 5.56 Å². The minimum atomic E-state index is -1.12. The van der Waals surface area contributed by atoms with Gasteiger partial charge in [-0.25, -0.2) is 4.79 Å². The molecule has 0 unspecified atom stereocenters. The molecule has 5 heteroatoms. The molecule has 0 saturated carbocycles. The number of carboxylic acid groups (broad SMARTS) is 1. The Balaban J connectivity index is 3.36. The molecule has 4 nitrogen and oxygen atoms in total. The maximum Gasteiger partial charge on any atom is 0.337 e. The molecule has 1 rings (SSSR count). The number of benzene rings is 1. The van der Waals surface area contributed by atoms with Crippen LogP contribution in [0.2, 0.25) is 0 Å². The van der Waals surface area contributed by atoms with Crippen LogP contribution in [-0.2, 0) is 0 Å². The Morgan fingerprint density at radius 3 is 2.62 bits per heavy atom. The summed E-state index contributed by atoms with van der Waals surface area (Å²) in [5.74, 6) is -1.12. The van der Waals surface area contributed by atoms with E-state index in [-0.39, 0.29) is 11.3 Å². The summed E-state index contributed by atoms with van der Waals surface area (Å²) >= 11 is 3.06. The molecule has 0 saturated heterocycles. The van der Waals surface area contributed by atoms with Gasteiger partial charge in [-0.05, 0) is 12.1 Å². The van der Waals surface area contributed by atoms with E-state index in [1.807, 2.05) is 0 Å². The molecule has 0 aliphatic heterocycles. The third-order valence-corrected chi connectivity index (χ3v) is 2.21. The van der Waals surface area contributed by atoms with Gasteiger partial charge in [0.2, 0.25) is 0 Å². The summed E-state index contributed by atoms with van der Waals surface area (Å²) < 4.78 is 0.425. The van der Waals surface area contributed by atoms with Crippen molar-refractivity contribution in [1.29, 1.82) is 0 Å². The van der Waals surface area contributed by atoms with Crippen LogP contribution in [0.25, 0.3) is 0 Å². The number of hydrogen-bond donors (Lipinski definition) is 2. The molecule has 0 fully saturated rings. The summed E-state index contributed by atoms with van der Waals surface area (Å²) in [4.78, 5) is 21.0. The number of carbonyl (C=O) groups is 2. The summed E-state index contributed by atoms with van der Waals surface area (Å²) in [5, 5.41) is 8.66. The van der Waals surface area contributed by atoms with Gasteiger partial charge in [-0.2, -0.15) is 0 Å². The molecule has 0 spiro atoms. The normalized spacial score (nSPS) is 9.62. The zero-order valence-electron chi connectivity index (χ0n) is 6.45. The summed E-state index contributed by atoms with van der Waals surface area (Å²) in [7, 11) is 0. The van der Waals surface area contributed by atoms with Crippen molar-refractivity contribution in [3.8, 4) is 0 Å². The van der Waals surface area contributed by atoms with Crippen molar-refractivity contribution in [3.05, 3.63) is 27.7 Å². The Morgan fingerprint density at radius 1 is 1.54 bits per heavy atom. The minimum absolute atomic E-state index is 0.0162. The van der Waals surface area contributed by atoms with E-state index in [1.165, 1.54) is 12.1 Å². The van der Waals surface area contributed by atoms with Crippen LogP contribution in [-0.4, -0.2) is 17.4 Å². The predicted molar refractivity (Wildman–Crippen MR) is 50.9 cm³/mol. The van der Waals surface area contributed by atoms with E-state index in [2.05, 4.69) is 15.9 Å². The van der Waals surface area contributed by atoms with Gasteiger partial charge >= 0.3 is 5.97 Å². The van der Waals surface area contributed by atoms with Gasteiger partial charge in [0, 0.05) is 15.7 Å². The zero-order chi connectivity index (χ0) is 10.0. The van der Waals surface area contributed by atoms with Gasteiger partial charge in [-0.3, -0.25) is 4.79 Å². The molecule has 0 aliphatic rings. The first-order valence-electron chi connectivity index (χ1n) is 3.33. The summed E-state index contributed by atoms with van der Waals surface area (Å²) in [6.07, 6.45) is 0.603. The Kier molecular flexibility index (Phi) is 2.67. The first-order valence-corrected chi connectivity index (χ1v) is 4.13. The van der Waals surface area contributed by atoms with E-state index >= 15 is 0 Å². The molecular weight excluding hydrogens is 238 g/mol. The van der Waals surface area contributed by atoms with Crippen LogP contribution in [0, 0.1) is 0 Å². The second kappa shape index (κ2) is 3.57. The minimum Gasteiger partial charge on any atom is -0.478 e. The summed E-state index contributed by atoms with van der Waals surface area (Å²) in [6, 6.07) is 2.63. The molecule has 13 heavy (non-hydrogen) atoms. The van der Waals surface area contributed by atoms with Gasteiger partial charge in [0.15, 0.2) is 6.29 Å². The fourth-order valence-electron chi connectivity index (χ4n) is 0.883. The lowest BCUT2D eigenvalue weighted by Crippen LogP contribution is -2.03. The molecule has 0 aliphatic carbocycles. The van der Waals surface area contributed by atoms with Crippen molar-refractivity contribution in [3.63, 3.8) is 0 Å². The second-order valence-electron chi connectivity index (χ2n) is 2.38. The standard InChI is InChI=1S/C8H6BrNO3/c9-6-2-5(8(12)13)7(10)1-4(6)3-11/h1-3H,10H2,(H,12,13). The second-order valence-corrected chi connectivity index (χ2v) is 3.24. The Hall–Kier alpha value is -1.36. The Morgan fingerprint density at radius 2 is 2.15 bits per heavy atom. The largest absolute Gasteiger partial charge is 0.478 e. The lowest BCUT2D eigenvalue weighted by Gasteiger charge is -2.03. The van der Waals surface area contributed by atoms with Crippen LogP contribution in [0.5, 0.6) is 0 Å². The van der Waals surface area contributed by atoms with E-state index in [1.54, 1.807) is 0 Å². The van der Waals surface area contributed by atoms with E-state index in [4.69, 9.17) is 10.8 Å². The van der Waals surface area contributed by atoms with Gasteiger partial charge in [0.25, 0.3) is 0 Å². The van der Waals surface area contributed by atoms with Crippen molar-refractivity contribution in [2.24, 2.45) is 0 Å². The first kappa shape index (κ1) is 9.73. The highest BCUT2D eigenvalue weighted by Crippen LogP contribution is 2.22. The molecule has 0 bridgehead atoms. The highest BCUT2D eigenvalue weighted by Gasteiger charge is 2.10. The number of anilines is 1. The Labute approximate surface area is 82.5 Å². The lowest BCUT2D eigenvalue weighted by molar-refractivity contribution is 0.0697. The third kappa shape index (κ3) is 1.86. The number of nitrogen functional groups attached to an aromatic ring is 1. The molecule has 3 N–H and O–H groups in total. The first-order chi connectivity index (χ1) is 6.06. The lowest BCUT2D eigenvalue weighted by atomic mass is 10.1. The maximum absolute atomic E-state index is 10.6. The van der Waals surface area contributed by atoms with Gasteiger partial charge in [-0.1, -0.05) is 15.9 Å². The quantitative estimate of drug-likeness (QED) is 0.610. The van der Waals surface area contributed by atoms with Crippen LogP contribution < -0.4 is 5.73 Å². The third-order valence-electron chi connectivity index (χ3n) is 1.53. The van der Waals surface area contributed by atoms with E-state index in [0.29, 0.717) is 16.3 Å². The average Bonchev–Trinajstić information content (AvgIpc) is 2.07. The van der Waals surface area contributed by atoms with Gasteiger partial charge in [-0.15, -0.1) is 0 Å². The van der Waals surface area contributed by atoms with Crippen LogP contribution in [0.15, 0.2) is 16.6 Å². The molecule has 0 aromatic heterocycles. The number of halogens is 1. The summed E-state index contributed by atoms with van der Waals surface area (Å²) in [5.41, 5.74) is 5.81. The van der Waals surface area contributed by atoms with Gasteiger partial charge < -0.3 is 10.8 Å². The fraction of sp³-hybridized carbons (Fsp3) is 0. The molecule has 0 radical (unpaired) electrons. The van der Waals surface area contributed by atoms with Crippen LogP contribution in [0.3, 0.4) is 0 Å². The number of aldehydes is 1. The number of hydrogen-bond acceptors (Lipinski definition) is 3. The SMILES string of the molecule is Nc1cc(C=O)c(Br)cc1C(=O)O. The number of rotatable bonds is 2. The molecule has 68 valence electrons. The highest BCUT2D eigenvalue weighted by molar-refractivity contribution is 9.10. The Bertz CT molecular complexity index is 376. The summed E-state index contributed by atoms with van der Waals surface area (Å²) in [6.45, 7) is 0. The topological polar surface area (TPSA) is 80.4 Å². The number of nitrogens with two attached hydrogens (primary N) is 1. The van der Waals surface area contributed by atoms with Crippen LogP contribution in [0.4, 0.5) is 5.69 Å². The highest BCUT2D eigenvalue weighted by atomic mass is 79.9. The van der Waals surface area contributed by atoms with Crippen LogP contribution in [0.1, 0.15) is 20.7 Å². The molecule has 0 amide bonds. The average molecular weight is 244 g/mol. The number of aromatic carboxylic acids is 1. The van der Waals surface area contributed by atoms with Crippen molar-refractivity contribution >= 4 is 33.9 Å². The number of carboxylic acids is 1. The van der Waals surface area contributed by atoms with Crippen molar-refractivity contribution in [1.82, 2.24) is 0 Å². The predicted octanol–water partition coefficient (Wildman–Crippen LogP) is 1.54. The number of carbonyl (C=O) groups excluding carboxylic acids is 1. The molecule has 0 atom stereocenters. The smallest absolute Gasteiger partial charge is 0.337 e. The molecular formula is C8H6BrNO3. The maximum atomic E-state index is 10.6. The van der Waals surface area contributed by atoms with Crippen molar-refractivity contribution in [2.75, 3.05) is 5.73 Å². The zero-order valence-corrected chi connectivity index (χ0v) is 8.04. The van der Waals surface area contributed by atoms with Crippen LogP contribution >= 0.6 is 15.9 Å². The monoisotopic (exact) mass is 243 g/mol. The van der Waals surface area contributed by atoms with Crippen molar-refractivity contribution < 1.29 is 14.7 Å². The van der Waals surface area contributed by atoms with Crippen molar-refractivity contribution in [2.45, 2.75) is 0 Å². The fourth-order valence-corrected chi connectivity index (χ4v) is 1.32. The molecule has 1 aromatic rings. The van der Waals surface area contributed by atoms with E-state index < -0.39 is 5.97 Å². The van der Waals surface area contributed by atoms with E-state index in [0.717, 1.165) is 0 Å².